The lowest BCUT2D eigenvalue weighted by atomic mass is 9.95. The van der Waals surface area contributed by atoms with Crippen molar-refractivity contribution in [2.24, 2.45) is 0 Å². The summed E-state index contributed by atoms with van der Waals surface area (Å²) in [5.74, 6) is -1.24. The fourth-order valence-corrected chi connectivity index (χ4v) is 5.78. The van der Waals surface area contributed by atoms with Crippen molar-refractivity contribution in [2.45, 2.75) is 12.8 Å². The van der Waals surface area contributed by atoms with Crippen LogP contribution >= 0.6 is 0 Å². The SMILES string of the molecule is COCCOCCOCCOCCOc1ccc(-c2nc3ccccc3c3ccccc23)cc1.O=C(O)CCc1ccnc(C(=O)O)c1-c1ccccc1. The summed E-state index contributed by atoms with van der Waals surface area (Å²) < 4.78 is 27.1. The van der Waals surface area contributed by atoms with E-state index in [1.54, 1.807) is 37.4 Å². The number of aromatic carboxylic acids is 1. The third kappa shape index (κ3) is 11.4. The highest BCUT2D eigenvalue weighted by atomic mass is 16.6. The van der Waals surface area contributed by atoms with E-state index in [0.29, 0.717) is 64.0 Å². The van der Waals surface area contributed by atoms with Crippen molar-refractivity contribution in [1.82, 2.24) is 9.97 Å². The topological polar surface area (TPSA) is 147 Å². The highest BCUT2D eigenvalue weighted by Crippen LogP contribution is 2.33. The number of pyridine rings is 2. The Balaban J connectivity index is 0.000000239. The number of nitrogens with zero attached hydrogens (tertiary/aromatic N) is 2. The largest absolute Gasteiger partial charge is 0.491 e. The normalized spacial score (nSPS) is 10.9. The number of aromatic nitrogens is 2. The fraction of sp³-hybridized carbons (Fsp3) is 0.256. The van der Waals surface area contributed by atoms with E-state index >= 15 is 0 Å². The molecule has 2 aromatic heterocycles. The van der Waals surface area contributed by atoms with Crippen LogP contribution in [0.5, 0.6) is 5.75 Å². The van der Waals surface area contributed by atoms with Gasteiger partial charge in [0.05, 0.1) is 57.5 Å². The van der Waals surface area contributed by atoms with Gasteiger partial charge in [0, 0.05) is 41.6 Å². The predicted molar refractivity (Wildman–Crippen MR) is 207 cm³/mol. The molecule has 4 aromatic carbocycles. The summed E-state index contributed by atoms with van der Waals surface area (Å²) >= 11 is 0. The van der Waals surface area contributed by atoms with Crippen LogP contribution in [-0.4, -0.2) is 92.1 Å². The number of rotatable bonds is 19. The van der Waals surface area contributed by atoms with Crippen molar-refractivity contribution in [3.05, 3.63) is 127 Å². The third-order valence-electron chi connectivity index (χ3n) is 8.32. The van der Waals surface area contributed by atoms with E-state index in [0.717, 1.165) is 33.5 Å². The highest BCUT2D eigenvalue weighted by Gasteiger charge is 2.18. The number of para-hydroxylation sites is 1. The van der Waals surface area contributed by atoms with Gasteiger partial charge in [-0.3, -0.25) is 4.79 Å². The average Bonchev–Trinajstić information content (AvgIpc) is 3.21. The molecule has 0 aliphatic carbocycles. The minimum absolute atomic E-state index is 0.0527. The van der Waals surface area contributed by atoms with E-state index < -0.39 is 11.9 Å². The van der Waals surface area contributed by atoms with Gasteiger partial charge in [-0.25, -0.2) is 14.8 Å². The molecule has 0 atom stereocenters. The Morgan fingerprint density at radius 2 is 1.20 bits per heavy atom. The molecule has 0 fully saturated rings. The van der Waals surface area contributed by atoms with Crippen molar-refractivity contribution in [1.29, 1.82) is 0 Å². The molecule has 0 aliphatic heterocycles. The molecule has 11 heteroatoms. The van der Waals surface area contributed by atoms with Crippen molar-refractivity contribution in [3.8, 4) is 28.1 Å². The van der Waals surface area contributed by atoms with Crippen molar-refractivity contribution >= 4 is 33.6 Å². The van der Waals surface area contributed by atoms with E-state index in [9.17, 15) is 14.7 Å². The maximum Gasteiger partial charge on any atom is 0.355 e. The first kappa shape index (κ1) is 39.5. The van der Waals surface area contributed by atoms with Crippen LogP contribution in [0.25, 0.3) is 44.1 Å². The lowest BCUT2D eigenvalue weighted by Gasteiger charge is -2.11. The number of methoxy groups -OCH3 is 1. The molecule has 2 N–H and O–H groups in total. The molecular formula is C43H44N2O9. The van der Waals surface area contributed by atoms with Crippen LogP contribution in [0, 0.1) is 0 Å². The number of carbonyl (C=O) groups is 2. The maximum atomic E-state index is 11.3. The van der Waals surface area contributed by atoms with Gasteiger partial charge < -0.3 is 33.9 Å². The number of hydrogen-bond donors (Lipinski definition) is 2. The molecule has 0 saturated carbocycles. The Labute approximate surface area is 314 Å². The van der Waals surface area contributed by atoms with Crippen LogP contribution in [-0.2, 0) is 30.2 Å². The molecule has 2 heterocycles. The van der Waals surface area contributed by atoms with Gasteiger partial charge in [-0.1, -0.05) is 72.8 Å². The summed E-state index contributed by atoms with van der Waals surface area (Å²) in [5, 5.41) is 21.6. The van der Waals surface area contributed by atoms with Crippen LogP contribution in [0.4, 0.5) is 0 Å². The molecule has 0 unspecified atom stereocenters. The lowest BCUT2D eigenvalue weighted by Crippen LogP contribution is -2.13. The van der Waals surface area contributed by atoms with Gasteiger partial charge >= 0.3 is 11.9 Å². The van der Waals surface area contributed by atoms with Gasteiger partial charge in [0.1, 0.15) is 12.4 Å². The highest BCUT2D eigenvalue weighted by molar-refractivity contribution is 6.10. The van der Waals surface area contributed by atoms with Gasteiger partial charge in [0.15, 0.2) is 5.69 Å². The quantitative estimate of drug-likeness (QED) is 0.0627. The molecule has 0 bridgehead atoms. The smallest absolute Gasteiger partial charge is 0.355 e. The van der Waals surface area contributed by atoms with Gasteiger partial charge in [-0.2, -0.15) is 0 Å². The van der Waals surface area contributed by atoms with Crippen LogP contribution in [0.15, 0.2) is 115 Å². The minimum atomic E-state index is -1.12. The standard InChI is InChI=1S/C28H31NO5.C15H13NO4/c1-30-14-15-31-16-17-32-18-19-33-20-21-34-23-12-10-22(11-13-23)28-26-8-3-2-6-24(26)25-7-4-5-9-27(25)29-28;17-12(18)7-6-11-8-9-16-14(15(19)20)13(11)10-4-2-1-3-5-10/h2-13H,14-21H2,1H3;1-5,8-9H,6-7H2,(H,17,18)(H,19,20). The Morgan fingerprint density at radius 1 is 0.611 bits per heavy atom. The Hall–Kier alpha value is -5.72. The molecule has 11 nitrogen and oxygen atoms in total. The molecule has 0 amide bonds. The predicted octanol–water partition coefficient (Wildman–Crippen LogP) is 7.59. The number of carboxylic acids is 2. The zero-order valence-corrected chi connectivity index (χ0v) is 30.2. The molecule has 6 aromatic rings. The zero-order chi connectivity index (χ0) is 38.0. The van der Waals surface area contributed by atoms with E-state index in [1.165, 1.54) is 17.0 Å². The Kier molecular flexibility index (Phi) is 15.4. The van der Waals surface area contributed by atoms with Crippen molar-refractivity contribution in [2.75, 3.05) is 60.0 Å². The Bertz CT molecular complexity index is 2090. The van der Waals surface area contributed by atoms with Crippen molar-refractivity contribution < 1.29 is 43.5 Å². The second kappa shape index (κ2) is 21.1. The van der Waals surface area contributed by atoms with E-state index in [-0.39, 0.29) is 18.5 Å². The summed E-state index contributed by atoms with van der Waals surface area (Å²) in [5.41, 5.74) is 4.86. The molecule has 54 heavy (non-hydrogen) atoms. The number of aliphatic carboxylic acids is 1. The molecule has 0 radical (unpaired) electrons. The second-order valence-electron chi connectivity index (χ2n) is 12.0. The number of carboxylic acid groups (broad SMARTS) is 2. The number of fused-ring (bicyclic) bond motifs is 3. The second-order valence-corrected chi connectivity index (χ2v) is 12.0. The number of aryl methyl sites for hydroxylation is 1. The summed E-state index contributed by atoms with van der Waals surface area (Å²) in [6.07, 6.45) is 1.61. The Morgan fingerprint density at radius 3 is 1.85 bits per heavy atom. The third-order valence-corrected chi connectivity index (χ3v) is 8.32. The minimum Gasteiger partial charge on any atom is -0.491 e. The fourth-order valence-electron chi connectivity index (χ4n) is 5.78. The van der Waals surface area contributed by atoms with Crippen LogP contribution < -0.4 is 4.74 Å². The first-order valence-corrected chi connectivity index (χ1v) is 17.7. The molecular weight excluding hydrogens is 688 g/mol. The monoisotopic (exact) mass is 732 g/mol. The van der Waals surface area contributed by atoms with Gasteiger partial charge in [-0.15, -0.1) is 0 Å². The summed E-state index contributed by atoms with van der Waals surface area (Å²) in [7, 11) is 1.65. The van der Waals surface area contributed by atoms with Gasteiger partial charge in [0.25, 0.3) is 0 Å². The summed E-state index contributed by atoms with van der Waals surface area (Å²) in [6, 6.07) is 35.4. The molecule has 6 rings (SSSR count). The lowest BCUT2D eigenvalue weighted by molar-refractivity contribution is -0.136. The first-order chi connectivity index (χ1) is 26.5. The average molecular weight is 733 g/mol. The maximum absolute atomic E-state index is 11.3. The van der Waals surface area contributed by atoms with Gasteiger partial charge in [0.2, 0.25) is 0 Å². The van der Waals surface area contributed by atoms with Crippen LogP contribution in [0.2, 0.25) is 0 Å². The van der Waals surface area contributed by atoms with E-state index in [2.05, 4.69) is 59.6 Å². The number of benzene rings is 4. The first-order valence-electron chi connectivity index (χ1n) is 17.7. The zero-order valence-electron chi connectivity index (χ0n) is 30.2. The molecule has 0 saturated heterocycles. The molecule has 0 aliphatic rings. The van der Waals surface area contributed by atoms with E-state index in [1.807, 2.05) is 24.3 Å². The summed E-state index contributed by atoms with van der Waals surface area (Å²) in [4.78, 5) is 30.9. The number of ether oxygens (including phenoxy) is 5. The number of hydrogen-bond acceptors (Lipinski definition) is 9. The van der Waals surface area contributed by atoms with Crippen LogP contribution in [0.3, 0.4) is 0 Å². The van der Waals surface area contributed by atoms with E-state index in [4.69, 9.17) is 33.8 Å². The molecule has 0 spiro atoms. The van der Waals surface area contributed by atoms with Crippen molar-refractivity contribution in [3.63, 3.8) is 0 Å². The van der Waals surface area contributed by atoms with Crippen LogP contribution in [0.1, 0.15) is 22.5 Å². The summed E-state index contributed by atoms with van der Waals surface area (Å²) in [6.45, 7) is 4.36. The molecule has 280 valence electrons. The van der Waals surface area contributed by atoms with Gasteiger partial charge in [-0.05, 0) is 59.3 Å².